The molecule has 1 amide bonds. The third kappa shape index (κ3) is 4.27. The average Bonchev–Trinajstić information content (AvgIpc) is 3.22. The van der Waals surface area contributed by atoms with E-state index in [4.69, 9.17) is 9.47 Å². The Balaban J connectivity index is 1.92. The number of nitrogens with zero attached hydrogens (tertiary/aromatic N) is 4. The average molecular weight is 361 g/mol. The Morgan fingerprint density at radius 2 is 2.00 bits per heavy atom. The molecule has 0 unspecified atom stereocenters. The van der Waals surface area contributed by atoms with Crippen LogP contribution in [0.2, 0.25) is 0 Å². The highest BCUT2D eigenvalue weighted by atomic mass is 16.5. The van der Waals surface area contributed by atoms with Gasteiger partial charge in [-0.25, -0.2) is 0 Å². The Labute approximate surface area is 151 Å². The van der Waals surface area contributed by atoms with Gasteiger partial charge in [-0.2, -0.15) is 19.6 Å². The van der Waals surface area contributed by atoms with Crippen molar-refractivity contribution in [1.82, 2.24) is 24.9 Å². The first kappa shape index (κ1) is 18.1. The molecule has 0 spiro atoms. The van der Waals surface area contributed by atoms with Crippen molar-refractivity contribution in [1.29, 1.82) is 0 Å². The number of nitrogens with one attached hydrogen (secondary N) is 3. The summed E-state index contributed by atoms with van der Waals surface area (Å²) in [6.45, 7) is 2.83. The number of carbonyl (C=O) groups is 1. The summed E-state index contributed by atoms with van der Waals surface area (Å²) in [7, 11) is 3.28. The predicted octanol–water partition coefficient (Wildman–Crippen LogP) is 0.144. The summed E-state index contributed by atoms with van der Waals surface area (Å²) in [6.07, 6.45) is 4.08. The molecule has 10 nitrogen and oxygen atoms in total. The lowest BCUT2D eigenvalue weighted by Crippen LogP contribution is -2.16. The normalized spacial score (nSPS) is 15.6. The van der Waals surface area contributed by atoms with E-state index in [-0.39, 0.29) is 5.91 Å². The van der Waals surface area contributed by atoms with Crippen LogP contribution in [0.5, 0.6) is 0 Å². The van der Waals surface area contributed by atoms with Crippen LogP contribution in [0.4, 0.5) is 11.9 Å². The molecular weight excluding hydrogens is 338 g/mol. The number of anilines is 2. The van der Waals surface area contributed by atoms with Gasteiger partial charge in [-0.05, 0) is 11.6 Å². The van der Waals surface area contributed by atoms with E-state index in [1.807, 2.05) is 6.08 Å². The maximum atomic E-state index is 11.4. The van der Waals surface area contributed by atoms with Crippen molar-refractivity contribution in [3.63, 3.8) is 0 Å². The Kier molecular flexibility index (Phi) is 5.97. The van der Waals surface area contributed by atoms with Gasteiger partial charge < -0.3 is 25.4 Å². The second-order valence-electron chi connectivity index (χ2n) is 5.80. The first-order valence-electron chi connectivity index (χ1n) is 8.39. The highest BCUT2D eigenvalue weighted by molar-refractivity contribution is 5.85. The number of aromatic nitrogens is 4. The smallest absolute Gasteiger partial charge is 0.229 e. The maximum absolute atomic E-state index is 11.4. The predicted molar refractivity (Wildman–Crippen MR) is 97.1 cm³/mol. The van der Waals surface area contributed by atoms with E-state index in [1.54, 1.807) is 24.9 Å². The summed E-state index contributed by atoms with van der Waals surface area (Å²) in [6, 6.07) is 0. The zero-order chi connectivity index (χ0) is 18.4. The van der Waals surface area contributed by atoms with Crippen molar-refractivity contribution in [3.05, 3.63) is 17.3 Å². The summed E-state index contributed by atoms with van der Waals surface area (Å²) in [5.41, 5.74) is 2.50. The minimum atomic E-state index is 0.0335. The zero-order valence-corrected chi connectivity index (χ0v) is 14.9. The molecule has 1 fully saturated rings. The van der Waals surface area contributed by atoms with Crippen molar-refractivity contribution in [3.8, 4) is 0 Å². The molecule has 2 aromatic heterocycles. The third-order valence-electron chi connectivity index (χ3n) is 3.83. The van der Waals surface area contributed by atoms with Crippen molar-refractivity contribution >= 4 is 29.5 Å². The monoisotopic (exact) mass is 361 g/mol. The van der Waals surface area contributed by atoms with E-state index >= 15 is 0 Å². The van der Waals surface area contributed by atoms with E-state index in [1.165, 1.54) is 0 Å². The van der Waals surface area contributed by atoms with E-state index < -0.39 is 0 Å². The van der Waals surface area contributed by atoms with E-state index in [9.17, 15) is 4.79 Å². The quantitative estimate of drug-likeness (QED) is 0.541. The molecule has 3 heterocycles. The molecule has 0 atom stereocenters. The molecule has 26 heavy (non-hydrogen) atoms. The van der Waals surface area contributed by atoms with Crippen LogP contribution in [0.15, 0.2) is 11.8 Å². The lowest BCUT2D eigenvalue weighted by Gasteiger charge is -2.10. The molecule has 1 aliphatic heterocycles. The summed E-state index contributed by atoms with van der Waals surface area (Å²) < 4.78 is 11.8. The van der Waals surface area contributed by atoms with Crippen molar-refractivity contribution in [2.45, 2.75) is 6.42 Å². The number of ether oxygens (including phenoxy) is 2. The number of amides is 1. The first-order valence-corrected chi connectivity index (χ1v) is 8.39. The number of methoxy groups -OCH3 is 2. The summed E-state index contributed by atoms with van der Waals surface area (Å²) in [5.74, 6) is 1.08. The van der Waals surface area contributed by atoms with Gasteiger partial charge in [0.05, 0.1) is 19.4 Å². The topological polar surface area (TPSA) is 115 Å². The number of hydrogen-bond acceptors (Lipinski definition) is 8. The van der Waals surface area contributed by atoms with Gasteiger partial charge in [0.25, 0.3) is 0 Å². The molecule has 140 valence electrons. The minimum absolute atomic E-state index is 0.0335. The standard InChI is InChI=1S/C16H23N7O3/c1-25-5-3-17-15-21-14-12(7-11-8-13(24)19-9-11)10-20-23(14)16(22-15)18-4-6-26-2/h7,10H,3-6,8-9H2,1-2H3,(H,19,24)(H2,17,18,21,22)/b11-7+. The molecule has 0 bridgehead atoms. The Morgan fingerprint density at radius 1 is 1.23 bits per heavy atom. The van der Waals surface area contributed by atoms with Crippen molar-refractivity contribution in [2.24, 2.45) is 0 Å². The number of rotatable bonds is 9. The molecule has 0 aliphatic carbocycles. The fourth-order valence-electron chi connectivity index (χ4n) is 2.58. The van der Waals surface area contributed by atoms with Crippen LogP contribution in [0.1, 0.15) is 12.0 Å². The van der Waals surface area contributed by atoms with E-state index in [0.29, 0.717) is 56.8 Å². The molecule has 2 aromatic rings. The van der Waals surface area contributed by atoms with Gasteiger partial charge in [-0.15, -0.1) is 0 Å². The lowest BCUT2D eigenvalue weighted by atomic mass is 10.1. The highest BCUT2D eigenvalue weighted by Gasteiger charge is 2.17. The highest BCUT2D eigenvalue weighted by Crippen LogP contribution is 2.20. The van der Waals surface area contributed by atoms with Gasteiger partial charge in [-0.1, -0.05) is 0 Å². The summed E-state index contributed by atoms with van der Waals surface area (Å²) in [5, 5.41) is 13.5. The molecular formula is C16H23N7O3. The van der Waals surface area contributed by atoms with Crippen LogP contribution < -0.4 is 16.0 Å². The fraction of sp³-hybridized carbons (Fsp3) is 0.500. The Hall–Kier alpha value is -2.72. The number of hydrogen-bond donors (Lipinski definition) is 3. The molecule has 0 saturated carbocycles. The number of fused-ring (bicyclic) bond motifs is 1. The van der Waals surface area contributed by atoms with Gasteiger partial charge in [0.2, 0.25) is 17.8 Å². The number of carbonyl (C=O) groups excluding carboxylic acids is 1. The minimum Gasteiger partial charge on any atom is -0.383 e. The van der Waals surface area contributed by atoms with Gasteiger partial charge >= 0.3 is 0 Å². The van der Waals surface area contributed by atoms with Gasteiger partial charge in [-0.3, -0.25) is 4.79 Å². The van der Waals surface area contributed by atoms with Crippen LogP contribution in [0, 0.1) is 0 Å². The first-order chi connectivity index (χ1) is 12.7. The van der Waals surface area contributed by atoms with Crippen molar-refractivity contribution < 1.29 is 14.3 Å². The molecule has 0 aromatic carbocycles. The van der Waals surface area contributed by atoms with Gasteiger partial charge in [0, 0.05) is 45.8 Å². The molecule has 10 heteroatoms. The molecule has 3 rings (SSSR count). The van der Waals surface area contributed by atoms with E-state index in [2.05, 4.69) is 31.0 Å². The van der Waals surface area contributed by atoms with Crippen LogP contribution in [0.3, 0.4) is 0 Å². The molecule has 1 aliphatic rings. The Bertz CT molecular complexity index is 802. The Morgan fingerprint density at radius 3 is 2.69 bits per heavy atom. The van der Waals surface area contributed by atoms with E-state index in [0.717, 1.165) is 11.1 Å². The molecule has 0 radical (unpaired) electrons. The summed E-state index contributed by atoms with van der Waals surface area (Å²) >= 11 is 0. The molecule has 3 N–H and O–H groups in total. The largest absolute Gasteiger partial charge is 0.383 e. The third-order valence-corrected chi connectivity index (χ3v) is 3.83. The SMILES string of the molecule is COCCNc1nc(NCCOC)n2ncc(/C=C3/CNC(=O)C3)c2n1. The van der Waals surface area contributed by atoms with Crippen LogP contribution in [-0.2, 0) is 14.3 Å². The van der Waals surface area contributed by atoms with Crippen molar-refractivity contribution in [2.75, 3.05) is 57.7 Å². The van der Waals surface area contributed by atoms with Crippen LogP contribution in [0.25, 0.3) is 11.7 Å². The lowest BCUT2D eigenvalue weighted by molar-refractivity contribution is -0.118. The molecule has 1 saturated heterocycles. The van der Waals surface area contributed by atoms with Gasteiger partial charge in [0.15, 0.2) is 5.65 Å². The zero-order valence-electron chi connectivity index (χ0n) is 14.9. The maximum Gasteiger partial charge on any atom is 0.229 e. The second kappa shape index (κ2) is 8.59. The van der Waals surface area contributed by atoms with Gasteiger partial charge in [0.1, 0.15) is 0 Å². The second-order valence-corrected chi connectivity index (χ2v) is 5.80. The van der Waals surface area contributed by atoms with Crippen LogP contribution in [-0.4, -0.2) is 72.6 Å². The summed E-state index contributed by atoms with van der Waals surface area (Å²) in [4.78, 5) is 20.4. The van der Waals surface area contributed by atoms with Crippen LogP contribution >= 0.6 is 0 Å². The fourth-order valence-corrected chi connectivity index (χ4v) is 2.58.